The molecule has 0 amide bonds. The first kappa shape index (κ1) is 24.0. The summed E-state index contributed by atoms with van der Waals surface area (Å²) >= 11 is 0. The fourth-order valence-electron chi connectivity index (χ4n) is 3.01. The number of fused-ring (bicyclic) bond motifs is 2. The predicted octanol–water partition coefficient (Wildman–Crippen LogP) is 0.651. The summed E-state index contributed by atoms with van der Waals surface area (Å²) in [5.41, 5.74) is 3.86. The van der Waals surface area contributed by atoms with Crippen molar-refractivity contribution in [3.63, 3.8) is 0 Å². The van der Waals surface area contributed by atoms with E-state index in [1.807, 2.05) is 12.1 Å². The number of aryl methyl sites for hydroxylation is 1. The molecule has 0 saturated carbocycles. The zero-order chi connectivity index (χ0) is 16.5. The Hall–Kier alpha value is -1.04. The molecule has 0 fully saturated rings. The fourth-order valence-corrected chi connectivity index (χ4v) is 4.02. The Labute approximate surface area is 193 Å². The Balaban J connectivity index is 0.000000266. The van der Waals surface area contributed by atoms with E-state index < -0.39 is 0 Å². The van der Waals surface area contributed by atoms with Crippen molar-refractivity contribution >= 4 is 24.3 Å². The van der Waals surface area contributed by atoms with Crippen molar-refractivity contribution in [3.8, 4) is 11.3 Å². The monoisotopic (exact) mass is 489 g/mol. The molecule has 1 nitrogen and oxygen atoms in total. The normalized spacial score (nSPS) is 13.8. The van der Waals surface area contributed by atoms with Gasteiger partial charge in [0.05, 0.1) is 12.0 Å². The van der Waals surface area contributed by atoms with Crippen molar-refractivity contribution < 1.29 is 55.4 Å². The van der Waals surface area contributed by atoms with Gasteiger partial charge in [-0.2, -0.15) is 0 Å². The SMILES string of the molecule is CC1=PC2=CC=CC2=C1.Cc1ccc2[cH-]c(-c3ccco3)cc2c1.[Cl-].[Cl-].[Zr+3]. The van der Waals surface area contributed by atoms with Crippen LogP contribution in [0.5, 0.6) is 0 Å². The van der Waals surface area contributed by atoms with Gasteiger partial charge in [0.2, 0.25) is 0 Å². The molecule has 5 heteroatoms. The molecule has 5 rings (SSSR count). The second-order valence-electron chi connectivity index (χ2n) is 6.12. The number of allylic oxidation sites excluding steroid dienone is 6. The van der Waals surface area contributed by atoms with E-state index in [4.69, 9.17) is 4.42 Å². The van der Waals surface area contributed by atoms with Gasteiger partial charge in [0, 0.05) is 5.31 Å². The van der Waals surface area contributed by atoms with E-state index in [0.29, 0.717) is 0 Å². The Bertz CT molecular complexity index is 1020. The molecule has 1 aliphatic heterocycles. The number of halogens is 2. The molecular formula is C22H18Cl2OPZr. The molecule has 2 aliphatic rings. The molecule has 0 atom stereocenters. The molecule has 0 bridgehead atoms. The molecule has 27 heavy (non-hydrogen) atoms. The van der Waals surface area contributed by atoms with E-state index in [-0.39, 0.29) is 51.0 Å². The Kier molecular flexibility index (Phi) is 9.33. The van der Waals surface area contributed by atoms with Crippen LogP contribution < -0.4 is 24.8 Å². The van der Waals surface area contributed by atoms with Crippen LogP contribution in [0.15, 0.2) is 88.3 Å². The average Bonchev–Trinajstić information content (AvgIpc) is 3.30. The zero-order valence-electron chi connectivity index (χ0n) is 15.0. The van der Waals surface area contributed by atoms with Crippen molar-refractivity contribution in [2.45, 2.75) is 13.8 Å². The maximum Gasteiger partial charge on any atom is 3.00 e. The van der Waals surface area contributed by atoms with Gasteiger partial charge in [-0.1, -0.05) is 49.7 Å². The summed E-state index contributed by atoms with van der Waals surface area (Å²) in [5.74, 6) is 0.934. The first-order valence-corrected chi connectivity index (χ1v) is 8.95. The quantitative estimate of drug-likeness (QED) is 0.360. The molecule has 2 heterocycles. The number of furan rings is 1. The van der Waals surface area contributed by atoms with Gasteiger partial charge in [-0.25, -0.2) is 0 Å². The minimum atomic E-state index is 0. The van der Waals surface area contributed by atoms with Crippen LogP contribution in [0.1, 0.15) is 12.5 Å². The number of hydrogen-bond donors (Lipinski definition) is 0. The Morgan fingerprint density at radius 2 is 1.85 bits per heavy atom. The van der Waals surface area contributed by atoms with Gasteiger partial charge in [-0.3, -0.25) is 0 Å². The second-order valence-corrected chi connectivity index (χ2v) is 7.53. The van der Waals surface area contributed by atoms with E-state index in [1.165, 1.54) is 40.7 Å². The molecule has 0 N–H and O–H groups in total. The topological polar surface area (TPSA) is 13.1 Å². The van der Waals surface area contributed by atoms with Crippen LogP contribution in [0.4, 0.5) is 0 Å². The van der Waals surface area contributed by atoms with Crippen molar-refractivity contribution in [1.29, 1.82) is 0 Å². The predicted molar refractivity (Wildman–Crippen MR) is 105 cm³/mol. The summed E-state index contributed by atoms with van der Waals surface area (Å²) in [7, 11) is 1.40. The summed E-state index contributed by atoms with van der Waals surface area (Å²) in [6.45, 7) is 4.28. The minimum Gasteiger partial charge on any atom is -1.00 e. The first-order valence-electron chi connectivity index (χ1n) is 8.06. The number of hydrogen-bond acceptors (Lipinski definition) is 1. The standard InChI is InChI=1S/C14H11O.C8H7P.2ClH.Zr/c1-10-4-5-11-8-13(9-12(11)7-10)14-3-2-6-15-14;1-6-5-7-3-2-4-8(7)9-6;;;/h2-9H,1H3;2-5H,1H3;2*1H;/q-1;;;;+3/p-2. The first-order chi connectivity index (χ1) is 11.7. The molecular weight excluding hydrogens is 473 g/mol. The molecule has 1 radical (unpaired) electrons. The van der Waals surface area contributed by atoms with Gasteiger partial charge in [-0.05, 0) is 42.9 Å². The third-order valence-corrected chi connectivity index (χ3v) is 5.29. The largest absolute Gasteiger partial charge is 3.00 e. The summed E-state index contributed by atoms with van der Waals surface area (Å²) in [5, 5.41) is 5.47. The average molecular weight is 491 g/mol. The van der Waals surface area contributed by atoms with Crippen LogP contribution in [-0.2, 0) is 26.2 Å². The molecule has 1 aliphatic carbocycles. The van der Waals surface area contributed by atoms with Gasteiger partial charge < -0.3 is 29.2 Å². The van der Waals surface area contributed by atoms with Crippen LogP contribution in [0.25, 0.3) is 22.1 Å². The zero-order valence-corrected chi connectivity index (χ0v) is 19.9. The van der Waals surface area contributed by atoms with Crippen molar-refractivity contribution in [2.75, 3.05) is 0 Å². The van der Waals surface area contributed by atoms with Gasteiger partial charge in [0.1, 0.15) is 0 Å². The van der Waals surface area contributed by atoms with Crippen LogP contribution in [0, 0.1) is 6.92 Å². The Morgan fingerprint density at radius 1 is 1.04 bits per heavy atom. The van der Waals surface area contributed by atoms with Crippen LogP contribution in [0.3, 0.4) is 0 Å². The summed E-state index contributed by atoms with van der Waals surface area (Å²) < 4.78 is 5.38. The summed E-state index contributed by atoms with van der Waals surface area (Å²) in [6, 6.07) is 14.7. The smallest absolute Gasteiger partial charge is 1.00 e. The maximum atomic E-state index is 5.38. The third-order valence-electron chi connectivity index (χ3n) is 4.16. The second kappa shape index (κ2) is 10.5. The summed E-state index contributed by atoms with van der Waals surface area (Å²) in [4.78, 5) is 0. The van der Waals surface area contributed by atoms with E-state index in [0.717, 1.165) is 11.3 Å². The van der Waals surface area contributed by atoms with Crippen molar-refractivity contribution in [2.24, 2.45) is 0 Å². The van der Waals surface area contributed by atoms with Gasteiger partial charge in [0.15, 0.2) is 0 Å². The Morgan fingerprint density at radius 3 is 2.56 bits per heavy atom. The molecule has 0 saturated heterocycles. The molecule has 1 aromatic heterocycles. The summed E-state index contributed by atoms with van der Waals surface area (Å²) in [6.07, 6.45) is 10.4. The molecule has 0 unspecified atom stereocenters. The van der Waals surface area contributed by atoms with E-state index in [9.17, 15) is 0 Å². The van der Waals surface area contributed by atoms with E-state index in [2.05, 4.69) is 68.5 Å². The molecule has 2 aromatic carbocycles. The molecule has 0 spiro atoms. The van der Waals surface area contributed by atoms with Gasteiger partial charge >= 0.3 is 26.2 Å². The van der Waals surface area contributed by atoms with Crippen LogP contribution >= 0.6 is 8.20 Å². The number of rotatable bonds is 1. The van der Waals surface area contributed by atoms with Crippen LogP contribution in [-0.4, -0.2) is 5.29 Å². The van der Waals surface area contributed by atoms with Crippen LogP contribution in [0.2, 0.25) is 0 Å². The molecule has 3 aromatic rings. The fraction of sp³-hybridized carbons (Fsp3) is 0.0909. The van der Waals surface area contributed by atoms with Gasteiger partial charge in [-0.15, -0.1) is 29.0 Å². The third kappa shape index (κ3) is 5.49. The maximum absolute atomic E-state index is 5.38. The van der Waals surface area contributed by atoms with E-state index >= 15 is 0 Å². The minimum absolute atomic E-state index is 0. The van der Waals surface area contributed by atoms with Crippen molar-refractivity contribution in [3.05, 3.63) is 89.5 Å². The van der Waals surface area contributed by atoms with Crippen molar-refractivity contribution in [1.82, 2.24) is 0 Å². The molecule has 135 valence electrons. The number of benzene rings is 1. The van der Waals surface area contributed by atoms with E-state index in [1.54, 1.807) is 6.26 Å². The van der Waals surface area contributed by atoms with Gasteiger partial charge in [0.25, 0.3) is 0 Å².